The minimum Gasteiger partial charge on any atom is -0.404 e. The molecule has 5 heteroatoms. The van der Waals surface area contributed by atoms with Gasteiger partial charge in [0.15, 0.2) is 5.69 Å². The maximum atomic E-state index is 8.63. The molecule has 4 nitrogen and oxygen atoms in total. The molecule has 1 aromatic heterocycles. The minimum atomic E-state index is 0.167. The zero-order chi connectivity index (χ0) is 15.3. The zero-order valence-electron chi connectivity index (χ0n) is 12.3. The highest BCUT2D eigenvalue weighted by Crippen LogP contribution is 2.23. The first-order chi connectivity index (χ1) is 9.99. The molecule has 0 saturated carbocycles. The Morgan fingerprint density at radius 3 is 2.33 bits per heavy atom. The SMILES string of the molecule is CC(C)(C)c1ccc(CSOc2ccc(C#N)nn2)cc1. The molecule has 0 bridgehead atoms. The molecular weight excluding hydrogens is 282 g/mol. The largest absolute Gasteiger partial charge is 0.404 e. The summed E-state index contributed by atoms with van der Waals surface area (Å²) in [6, 6.07) is 13.7. The Kier molecular flexibility index (Phi) is 4.81. The maximum Gasteiger partial charge on any atom is 0.247 e. The van der Waals surface area contributed by atoms with Crippen LogP contribution in [0.5, 0.6) is 5.88 Å². The van der Waals surface area contributed by atoms with Crippen molar-refractivity contribution < 1.29 is 4.18 Å². The normalized spacial score (nSPS) is 11.0. The molecule has 2 aromatic rings. The van der Waals surface area contributed by atoms with Crippen molar-refractivity contribution in [2.24, 2.45) is 0 Å². The molecule has 0 fully saturated rings. The number of aromatic nitrogens is 2. The van der Waals surface area contributed by atoms with Crippen LogP contribution in [0.1, 0.15) is 37.6 Å². The summed E-state index contributed by atoms with van der Waals surface area (Å²) in [7, 11) is 0. The van der Waals surface area contributed by atoms with E-state index in [-0.39, 0.29) is 11.1 Å². The first kappa shape index (κ1) is 15.3. The van der Waals surface area contributed by atoms with Crippen LogP contribution in [0.25, 0.3) is 0 Å². The van der Waals surface area contributed by atoms with Crippen molar-refractivity contribution in [1.29, 1.82) is 5.26 Å². The molecule has 0 saturated heterocycles. The van der Waals surface area contributed by atoms with Crippen molar-refractivity contribution in [3.05, 3.63) is 53.2 Å². The van der Waals surface area contributed by atoms with E-state index in [1.807, 2.05) is 6.07 Å². The van der Waals surface area contributed by atoms with Gasteiger partial charge in [0.2, 0.25) is 5.88 Å². The summed E-state index contributed by atoms with van der Waals surface area (Å²) in [5.74, 6) is 1.14. The average Bonchev–Trinajstić information content (AvgIpc) is 2.47. The van der Waals surface area contributed by atoms with Crippen LogP contribution in [0.4, 0.5) is 0 Å². The molecule has 0 amide bonds. The van der Waals surface area contributed by atoms with E-state index in [1.54, 1.807) is 12.1 Å². The lowest BCUT2D eigenvalue weighted by molar-refractivity contribution is 0.590. The molecule has 0 aliphatic heterocycles. The lowest BCUT2D eigenvalue weighted by Gasteiger charge is -2.19. The quantitative estimate of drug-likeness (QED) is 0.802. The number of hydrogen-bond acceptors (Lipinski definition) is 5. The van der Waals surface area contributed by atoms with Crippen LogP contribution in [0.3, 0.4) is 0 Å². The second kappa shape index (κ2) is 6.59. The minimum absolute atomic E-state index is 0.167. The van der Waals surface area contributed by atoms with Crippen LogP contribution >= 0.6 is 12.0 Å². The molecule has 0 radical (unpaired) electrons. The van der Waals surface area contributed by atoms with Gasteiger partial charge in [-0.1, -0.05) is 45.0 Å². The van der Waals surface area contributed by atoms with E-state index in [9.17, 15) is 0 Å². The van der Waals surface area contributed by atoms with Crippen molar-refractivity contribution >= 4 is 12.0 Å². The molecule has 1 heterocycles. The van der Waals surface area contributed by atoms with E-state index in [0.29, 0.717) is 5.88 Å². The Bertz CT molecular complexity index is 625. The summed E-state index contributed by atoms with van der Waals surface area (Å²) in [5, 5.41) is 16.2. The van der Waals surface area contributed by atoms with Gasteiger partial charge in [-0.2, -0.15) is 5.26 Å². The summed E-state index contributed by atoms with van der Waals surface area (Å²) < 4.78 is 5.44. The molecule has 2 rings (SSSR count). The summed E-state index contributed by atoms with van der Waals surface area (Å²) >= 11 is 1.30. The topological polar surface area (TPSA) is 58.8 Å². The van der Waals surface area contributed by atoms with Gasteiger partial charge < -0.3 is 4.18 Å². The van der Waals surface area contributed by atoms with Gasteiger partial charge in [0, 0.05) is 6.07 Å². The zero-order valence-corrected chi connectivity index (χ0v) is 13.1. The molecular formula is C16H17N3OS. The Morgan fingerprint density at radius 2 is 1.81 bits per heavy atom. The van der Waals surface area contributed by atoms with Crippen LogP contribution in [0.15, 0.2) is 36.4 Å². The molecule has 21 heavy (non-hydrogen) atoms. The highest BCUT2D eigenvalue weighted by Gasteiger charge is 2.12. The van der Waals surface area contributed by atoms with E-state index < -0.39 is 0 Å². The number of nitriles is 1. The van der Waals surface area contributed by atoms with Crippen molar-refractivity contribution in [2.75, 3.05) is 0 Å². The summed E-state index contributed by atoms with van der Waals surface area (Å²) in [4.78, 5) is 0. The van der Waals surface area contributed by atoms with E-state index in [2.05, 4.69) is 55.2 Å². The van der Waals surface area contributed by atoms with Crippen LogP contribution in [0.2, 0.25) is 0 Å². The molecule has 0 N–H and O–H groups in total. The van der Waals surface area contributed by atoms with Gasteiger partial charge in [-0.3, -0.25) is 0 Å². The van der Waals surface area contributed by atoms with Gasteiger partial charge in [0.1, 0.15) is 6.07 Å². The lowest BCUT2D eigenvalue weighted by Crippen LogP contribution is -2.10. The van der Waals surface area contributed by atoms with Crippen LogP contribution in [-0.4, -0.2) is 10.2 Å². The van der Waals surface area contributed by atoms with Gasteiger partial charge in [0.05, 0.1) is 17.8 Å². The summed E-state index contributed by atoms with van der Waals surface area (Å²) in [5.41, 5.74) is 2.95. The second-order valence-corrected chi connectivity index (χ2v) is 6.35. The lowest BCUT2D eigenvalue weighted by atomic mass is 9.87. The third-order valence-corrected chi connectivity index (χ3v) is 3.68. The number of nitrogens with zero attached hydrogens (tertiary/aromatic N) is 3. The molecule has 0 aliphatic rings. The fourth-order valence-electron chi connectivity index (χ4n) is 1.68. The second-order valence-electron chi connectivity index (χ2n) is 5.66. The van der Waals surface area contributed by atoms with Gasteiger partial charge in [-0.25, -0.2) is 0 Å². The highest BCUT2D eigenvalue weighted by atomic mass is 32.2. The summed E-state index contributed by atoms with van der Waals surface area (Å²) in [6.07, 6.45) is 0. The summed E-state index contributed by atoms with van der Waals surface area (Å²) in [6.45, 7) is 6.59. The molecule has 0 spiro atoms. The van der Waals surface area contributed by atoms with Crippen molar-refractivity contribution in [1.82, 2.24) is 10.2 Å². The van der Waals surface area contributed by atoms with E-state index in [0.717, 1.165) is 5.75 Å². The number of hydrogen-bond donors (Lipinski definition) is 0. The fraction of sp³-hybridized carbons (Fsp3) is 0.312. The first-order valence-electron chi connectivity index (χ1n) is 6.62. The van der Waals surface area contributed by atoms with Crippen LogP contribution in [-0.2, 0) is 11.2 Å². The van der Waals surface area contributed by atoms with Crippen LogP contribution in [0, 0.1) is 11.3 Å². The van der Waals surface area contributed by atoms with E-state index in [1.165, 1.54) is 23.2 Å². The van der Waals surface area contributed by atoms with Gasteiger partial charge >= 0.3 is 0 Å². The first-order valence-corrected chi connectivity index (χ1v) is 7.53. The van der Waals surface area contributed by atoms with Crippen LogP contribution < -0.4 is 4.18 Å². The van der Waals surface area contributed by atoms with Crippen molar-refractivity contribution in [3.8, 4) is 11.9 Å². The Labute approximate surface area is 129 Å². The third kappa shape index (κ3) is 4.47. The van der Waals surface area contributed by atoms with Gasteiger partial charge in [-0.15, -0.1) is 10.2 Å². The Balaban J connectivity index is 1.87. The molecule has 0 unspecified atom stereocenters. The average molecular weight is 299 g/mol. The molecule has 0 atom stereocenters. The number of benzene rings is 1. The third-order valence-electron chi connectivity index (χ3n) is 2.94. The number of rotatable bonds is 4. The van der Waals surface area contributed by atoms with E-state index >= 15 is 0 Å². The Morgan fingerprint density at radius 1 is 1.10 bits per heavy atom. The molecule has 108 valence electrons. The van der Waals surface area contributed by atoms with Gasteiger partial charge in [0.25, 0.3) is 0 Å². The van der Waals surface area contributed by atoms with Gasteiger partial charge in [-0.05, 0) is 22.6 Å². The van der Waals surface area contributed by atoms with Crippen molar-refractivity contribution in [2.45, 2.75) is 31.9 Å². The highest BCUT2D eigenvalue weighted by molar-refractivity contribution is 7.94. The molecule has 1 aromatic carbocycles. The predicted molar refractivity (Wildman–Crippen MR) is 83.8 cm³/mol. The predicted octanol–water partition coefficient (Wildman–Crippen LogP) is 3.87. The monoisotopic (exact) mass is 299 g/mol. The smallest absolute Gasteiger partial charge is 0.247 e. The fourth-order valence-corrected chi connectivity index (χ4v) is 2.28. The maximum absolute atomic E-state index is 8.63. The van der Waals surface area contributed by atoms with E-state index in [4.69, 9.17) is 9.44 Å². The molecule has 0 aliphatic carbocycles. The Hall–Kier alpha value is -2.06. The standard InChI is InChI=1S/C16H17N3OS/c1-16(2,3)13-6-4-12(5-7-13)11-21-20-15-9-8-14(10-17)18-19-15/h4-9H,11H2,1-3H3. The van der Waals surface area contributed by atoms with Crippen molar-refractivity contribution in [3.63, 3.8) is 0 Å².